The largest absolute Gasteiger partial charge is 0.381 e. The Hall–Kier alpha value is -1.20. The van der Waals surface area contributed by atoms with Gasteiger partial charge in [-0.1, -0.05) is 0 Å². The van der Waals surface area contributed by atoms with E-state index in [1.807, 2.05) is 6.92 Å². The lowest BCUT2D eigenvalue weighted by Gasteiger charge is -2.35. The molecule has 3 rings (SSSR count). The van der Waals surface area contributed by atoms with Crippen LogP contribution in [0.3, 0.4) is 0 Å². The van der Waals surface area contributed by atoms with Crippen molar-refractivity contribution >= 4 is 0 Å². The Bertz CT molecular complexity index is 529. The minimum atomic E-state index is 0.108. The lowest BCUT2D eigenvalue weighted by molar-refractivity contribution is 0.0320. The summed E-state index contributed by atoms with van der Waals surface area (Å²) >= 11 is 0. The van der Waals surface area contributed by atoms with Crippen molar-refractivity contribution in [3.8, 4) is 0 Å². The van der Waals surface area contributed by atoms with E-state index in [1.54, 1.807) is 17.1 Å². The number of hydrogen-bond donors (Lipinski definition) is 0. The van der Waals surface area contributed by atoms with Crippen LogP contribution in [0.4, 0.5) is 0 Å². The topological polar surface area (TPSA) is 47.4 Å². The van der Waals surface area contributed by atoms with Crippen LogP contribution >= 0.6 is 0 Å². The van der Waals surface area contributed by atoms with Gasteiger partial charge in [0.05, 0.1) is 12.9 Å². The minimum absolute atomic E-state index is 0.108. The van der Waals surface area contributed by atoms with Crippen LogP contribution in [0.2, 0.25) is 0 Å². The van der Waals surface area contributed by atoms with E-state index in [0.717, 1.165) is 38.4 Å². The molecule has 0 bridgehead atoms. The van der Waals surface area contributed by atoms with Crippen molar-refractivity contribution in [1.29, 1.82) is 0 Å². The lowest BCUT2D eigenvalue weighted by atomic mass is 9.94. The number of nitrogens with zero attached hydrogens (tertiary/aromatic N) is 3. The molecule has 0 aliphatic carbocycles. The highest BCUT2D eigenvalue weighted by Gasteiger charge is 2.23. The fourth-order valence-electron chi connectivity index (χ4n) is 3.64. The third kappa shape index (κ3) is 3.96. The Morgan fingerprint density at radius 1 is 1.23 bits per heavy atom. The number of aryl methyl sites for hydroxylation is 1. The molecular formula is C17H27N3O2. The van der Waals surface area contributed by atoms with Gasteiger partial charge < -0.3 is 9.64 Å². The van der Waals surface area contributed by atoms with Gasteiger partial charge in [-0.15, -0.1) is 0 Å². The quantitative estimate of drug-likeness (QED) is 0.849. The Balaban J connectivity index is 1.47. The molecule has 3 heterocycles. The summed E-state index contributed by atoms with van der Waals surface area (Å²) in [5.74, 6) is 1.31. The van der Waals surface area contributed by atoms with Crippen molar-refractivity contribution in [1.82, 2.24) is 14.5 Å². The van der Waals surface area contributed by atoms with Crippen LogP contribution in [0.25, 0.3) is 0 Å². The molecule has 2 aliphatic heterocycles. The second-order valence-corrected chi connectivity index (χ2v) is 6.86. The summed E-state index contributed by atoms with van der Waals surface area (Å²) in [7, 11) is 0. The third-order valence-corrected chi connectivity index (χ3v) is 5.01. The average Bonchev–Trinajstić information content (AvgIpc) is 2.55. The maximum Gasteiger partial charge on any atom is 0.256 e. The number of aromatic nitrogens is 2. The summed E-state index contributed by atoms with van der Waals surface area (Å²) in [4.78, 5) is 18.8. The van der Waals surface area contributed by atoms with Gasteiger partial charge in [0.25, 0.3) is 5.56 Å². The smallest absolute Gasteiger partial charge is 0.256 e. The molecule has 2 aliphatic rings. The van der Waals surface area contributed by atoms with Crippen LogP contribution in [0, 0.1) is 18.8 Å². The number of likely N-dealkylation sites (tertiary alicyclic amines) is 1. The summed E-state index contributed by atoms with van der Waals surface area (Å²) in [5.41, 5.74) is 0.842. The lowest BCUT2D eigenvalue weighted by Crippen LogP contribution is -2.40. The summed E-state index contributed by atoms with van der Waals surface area (Å²) in [6, 6.07) is 0. The molecule has 0 spiro atoms. The molecule has 2 saturated heterocycles. The number of rotatable bonds is 4. The van der Waals surface area contributed by atoms with Gasteiger partial charge >= 0.3 is 0 Å². The predicted molar refractivity (Wildman–Crippen MR) is 85.9 cm³/mol. The molecule has 0 amide bonds. The maximum atomic E-state index is 12.1. The Morgan fingerprint density at radius 3 is 2.77 bits per heavy atom. The first-order valence-corrected chi connectivity index (χ1v) is 8.53. The fraction of sp³-hybridized carbons (Fsp3) is 0.765. The summed E-state index contributed by atoms with van der Waals surface area (Å²) in [5, 5.41) is 0. The van der Waals surface area contributed by atoms with Gasteiger partial charge in [0, 0.05) is 31.5 Å². The molecule has 0 aromatic carbocycles. The molecule has 122 valence electrons. The number of piperidine rings is 1. The standard InChI is InChI=1S/C17H27N3O2/c1-14-9-18-13-20(17(14)21)11-15-4-6-19(7-5-15)10-16-3-2-8-22-12-16/h9,13,15-16H,2-8,10-12H2,1H3. The van der Waals surface area contributed by atoms with Gasteiger partial charge in [-0.05, 0) is 57.5 Å². The molecule has 1 aromatic heterocycles. The van der Waals surface area contributed by atoms with Crippen LogP contribution in [-0.4, -0.2) is 47.3 Å². The SMILES string of the molecule is Cc1cncn(CC2CCN(CC3CCCOC3)CC2)c1=O. The van der Waals surface area contributed by atoms with E-state index in [2.05, 4.69) is 9.88 Å². The second-order valence-electron chi connectivity index (χ2n) is 6.86. The Morgan fingerprint density at radius 2 is 2.05 bits per heavy atom. The van der Waals surface area contributed by atoms with Gasteiger partial charge in [-0.25, -0.2) is 4.98 Å². The molecule has 5 heteroatoms. The first kappa shape index (κ1) is 15.7. The van der Waals surface area contributed by atoms with Crippen molar-refractivity contribution < 1.29 is 4.74 Å². The minimum Gasteiger partial charge on any atom is -0.381 e. The number of hydrogen-bond acceptors (Lipinski definition) is 4. The molecular weight excluding hydrogens is 278 g/mol. The monoisotopic (exact) mass is 305 g/mol. The molecule has 1 atom stereocenters. The van der Waals surface area contributed by atoms with E-state index in [-0.39, 0.29) is 5.56 Å². The van der Waals surface area contributed by atoms with Gasteiger partial charge in [0.15, 0.2) is 0 Å². The van der Waals surface area contributed by atoms with E-state index in [1.165, 1.54) is 32.2 Å². The van der Waals surface area contributed by atoms with Gasteiger partial charge in [0.2, 0.25) is 0 Å². The second kappa shape index (κ2) is 7.38. The molecule has 2 fully saturated rings. The first-order valence-electron chi connectivity index (χ1n) is 8.53. The summed E-state index contributed by atoms with van der Waals surface area (Å²) < 4.78 is 7.36. The zero-order valence-electron chi connectivity index (χ0n) is 13.5. The van der Waals surface area contributed by atoms with Gasteiger partial charge in [0.1, 0.15) is 0 Å². The zero-order valence-corrected chi connectivity index (χ0v) is 13.5. The van der Waals surface area contributed by atoms with E-state index < -0.39 is 0 Å². The van der Waals surface area contributed by atoms with E-state index in [4.69, 9.17) is 4.74 Å². The number of ether oxygens (including phenoxy) is 1. The molecule has 1 unspecified atom stereocenters. The van der Waals surface area contributed by atoms with Gasteiger partial charge in [-0.2, -0.15) is 0 Å². The average molecular weight is 305 g/mol. The molecule has 22 heavy (non-hydrogen) atoms. The highest BCUT2D eigenvalue weighted by Crippen LogP contribution is 2.21. The zero-order chi connectivity index (χ0) is 15.4. The molecule has 0 saturated carbocycles. The summed E-state index contributed by atoms with van der Waals surface area (Å²) in [6.45, 7) is 8.00. The fourth-order valence-corrected chi connectivity index (χ4v) is 3.64. The molecule has 0 N–H and O–H groups in total. The normalized spacial score (nSPS) is 24.5. The van der Waals surface area contributed by atoms with Crippen molar-refractivity contribution in [2.45, 2.75) is 39.2 Å². The van der Waals surface area contributed by atoms with E-state index in [9.17, 15) is 4.79 Å². The van der Waals surface area contributed by atoms with Crippen LogP contribution < -0.4 is 5.56 Å². The molecule has 1 aromatic rings. The van der Waals surface area contributed by atoms with Crippen LogP contribution in [0.1, 0.15) is 31.2 Å². The maximum absolute atomic E-state index is 12.1. The van der Waals surface area contributed by atoms with E-state index in [0.29, 0.717) is 11.8 Å². The predicted octanol–water partition coefficient (Wildman–Crippen LogP) is 1.69. The van der Waals surface area contributed by atoms with Gasteiger partial charge in [-0.3, -0.25) is 9.36 Å². The van der Waals surface area contributed by atoms with Crippen molar-refractivity contribution in [2.24, 2.45) is 11.8 Å². The molecule has 5 nitrogen and oxygen atoms in total. The molecule has 0 radical (unpaired) electrons. The van der Waals surface area contributed by atoms with E-state index >= 15 is 0 Å². The van der Waals surface area contributed by atoms with Crippen molar-refractivity contribution in [3.63, 3.8) is 0 Å². The van der Waals surface area contributed by atoms with Crippen molar-refractivity contribution in [3.05, 3.63) is 28.4 Å². The Labute approximate surface area is 132 Å². The van der Waals surface area contributed by atoms with Crippen LogP contribution in [0.15, 0.2) is 17.3 Å². The first-order chi connectivity index (χ1) is 10.7. The Kier molecular flexibility index (Phi) is 5.26. The summed E-state index contributed by atoms with van der Waals surface area (Å²) in [6.07, 6.45) is 8.20. The van der Waals surface area contributed by atoms with Crippen LogP contribution in [0.5, 0.6) is 0 Å². The highest BCUT2D eigenvalue weighted by atomic mass is 16.5. The highest BCUT2D eigenvalue weighted by molar-refractivity contribution is 5.00. The van der Waals surface area contributed by atoms with Crippen LogP contribution in [-0.2, 0) is 11.3 Å². The third-order valence-electron chi connectivity index (χ3n) is 5.01. The van der Waals surface area contributed by atoms with Crippen molar-refractivity contribution in [2.75, 3.05) is 32.8 Å².